The number of nitrogens with one attached hydrogen (secondary N) is 1. The van der Waals surface area contributed by atoms with Crippen LogP contribution in [0.3, 0.4) is 0 Å². The fourth-order valence-electron chi connectivity index (χ4n) is 2.53. The Morgan fingerprint density at radius 1 is 1.05 bits per heavy atom. The predicted octanol–water partition coefficient (Wildman–Crippen LogP) is 2.87. The molecule has 20 heavy (non-hydrogen) atoms. The molecule has 0 fully saturated rings. The van der Waals surface area contributed by atoms with Gasteiger partial charge in [0.25, 0.3) is 0 Å². The van der Waals surface area contributed by atoms with Gasteiger partial charge in [0, 0.05) is 42.8 Å². The highest BCUT2D eigenvalue weighted by molar-refractivity contribution is 5.40. The van der Waals surface area contributed by atoms with Crippen LogP contribution in [0.15, 0.2) is 18.2 Å². The number of hydrogen-bond donors (Lipinski definition) is 3. The van der Waals surface area contributed by atoms with Crippen molar-refractivity contribution in [2.75, 3.05) is 13.1 Å². The minimum absolute atomic E-state index is 0.0526. The minimum atomic E-state index is 0.0526. The molecule has 0 aliphatic heterocycles. The summed E-state index contributed by atoms with van der Waals surface area (Å²) in [6, 6.07) is 5.83. The summed E-state index contributed by atoms with van der Waals surface area (Å²) in [6.45, 7) is 12.7. The van der Waals surface area contributed by atoms with Crippen LogP contribution in [-0.4, -0.2) is 40.3 Å². The van der Waals surface area contributed by atoms with Crippen LogP contribution in [0.1, 0.15) is 46.2 Å². The van der Waals surface area contributed by atoms with Crippen molar-refractivity contribution in [3.8, 4) is 11.5 Å². The number of nitrogens with zero attached hydrogens (tertiary/aromatic N) is 1. The predicted molar refractivity (Wildman–Crippen MR) is 83.2 cm³/mol. The Hall–Kier alpha value is -1.26. The fraction of sp³-hybridized carbons (Fsp3) is 0.625. The Morgan fingerprint density at radius 2 is 1.65 bits per heavy atom. The molecule has 1 rings (SSSR count). The first kappa shape index (κ1) is 16.8. The van der Waals surface area contributed by atoms with E-state index in [1.807, 2.05) is 6.92 Å². The molecule has 0 spiro atoms. The third kappa shape index (κ3) is 4.69. The van der Waals surface area contributed by atoms with Gasteiger partial charge in [-0.15, -0.1) is 0 Å². The lowest BCUT2D eigenvalue weighted by molar-refractivity contribution is 0.174. The zero-order valence-electron chi connectivity index (χ0n) is 13.2. The fourth-order valence-corrected chi connectivity index (χ4v) is 2.53. The molecule has 0 aromatic heterocycles. The van der Waals surface area contributed by atoms with Crippen molar-refractivity contribution in [1.82, 2.24) is 10.2 Å². The van der Waals surface area contributed by atoms with Gasteiger partial charge in [-0.1, -0.05) is 6.07 Å². The van der Waals surface area contributed by atoms with Crippen LogP contribution in [-0.2, 0) is 0 Å². The largest absolute Gasteiger partial charge is 0.508 e. The molecule has 0 saturated heterocycles. The van der Waals surface area contributed by atoms with E-state index in [0.29, 0.717) is 12.1 Å². The smallest absolute Gasteiger partial charge is 0.124 e. The number of hydrogen-bond acceptors (Lipinski definition) is 4. The highest BCUT2D eigenvalue weighted by Crippen LogP contribution is 2.27. The molecule has 3 N–H and O–H groups in total. The van der Waals surface area contributed by atoms with Crippen LogP contribution in [0.4, 0.5) is 0 Å². The lowest BCUT2D eigenvalue weighted by atomic mass is 10.1. The Balaban J connectivity index is 2.53. The zero-order valence-corrected chi connectivity index (χ0v) is 13.2. The third-order valence-corrected chi connectivity index (χ3v) is 3.63. The second kappa shape index (κ2) is 7.50. The summed E-state index contributed by atoms with van der Waals surface area (Å²) in [6.07, 6.45) is 0. The molecule has 1 unspecified atom stereocenters. The van der Waals surface area contributed by atoms with E-state index in [-0.39, 0.29) is 17.5 Å². The molecule has 1 aromatic carbocycles. The van der Waals surface area contributed by atoms with Gasteiger partial charge in [0.15, 0.2) is 0 Å². The first-order valence-electron chi connectivity index (χ1n) is 7.34. The van der Waals surface area contributed by atoms with Gasteiger partial charge in [0.2, 0.25) is 0 Å². The van der Waals surface area contributed by atoms with Crippen molar-refractivity contribution in [2.24, 2.45) is 0 Å². The molecular weight excluding hydrogens is 252 g/mol. The SMILES string of the molecule is CC(NCCN(C(C)C)C(C)C)c1ccc(O)cc1O. The molecule has 0 saturated carbocycles. The standard InChI is InChI=1S/C16H28N2O2/c1-11(2)18(12(3)4)9-8-17-13(5)15-7-6-14(19)10-16(15)20/h6-7,10-13,17,19-20H,8-9H2,1-5H3. The van der Waals surface area contributed by atoms with E-state index in [9.17, 15) is 10.2 Å². The number of benzene rings is 1. The third-order valence-electron chi connectivity index (χ3n) is 3.63. The summed E-state index contributed by atoms with van der Waals surface area (Å²) in [5.74, 6) is 0.221. The van der Waals surface area contributed by atoms with Crippen LogP contribution in [0.25, 0.3) is 0 Å². The van der Waals surface area contributed by atoms with Gasteiger partial charge in [-0.2, -0.15) is 0 Å². The molecule has 4 nitrogen and oxygen atoms in total. The van der Waals surface area contributed by atoms with Gasteiger partial charge in [-0.25, -0.2) is 0 Å². The van der Waals surface area contributed by atoms with Crippen LogP contribution < -0.4 is 5.32 Å². The van der Waals surface area contributed by atoms with Crippen molar-refractivity contribution in [2.45, 2.75) is 52.7 Å². The van der Waals surface area contributed by atoms with Crippen molar-refractivity contribution >= 4 is 0 Å². The van der Waals surface area contributed by atoms with Gasteiger partial charge in [-0.3, -0.25) is 4.90 Å². The first-order chi connectivity index (χ1) is 9.32. The molecule has 1 aromatic rings. The molecular formula is C16H28N2O2. The molecule has 0 heterocycles. The summed E-state index contributed by atoms with van der Waals surface area (Å²) in [5, 5.41) is 22.6. The molecule has 0 amide bonds. The van der Waals surface area contributed by atoms with Gasteiger partial charge in [-0.05, 0) is 40.7 Å². The van der Waals surface area contributed by atoms with Crippen molar-refractivity contribution < 1.29 is 10.2 Å². The maximum atomic E-state index is 9.84. The summed E-state index contributed by atoms with van der Waals surface area (Å²) in [5.41, 5.74) is 0.809. The Kier molecular flexibility index (Phi) is 6.30. The van der Waals surface area contributed by atoms with Crippen molar-refractivity contribution in [3.63, 3.8) is 0 Å². The second-order valence-electron chi connectivity index (χ2n) is 5.84. The molecule has 114 valence electrons. The Labute approximate surface area is 122 Å². The summed E-state index contributed by atoms with van der Waals surface area (Å²) < 4.78 is 0. The van der Waals surface area contributed by atoms with E-state index in [0.717, 1.165) is 18.7 Å². The van der Waals surface area contributed by atoms with Crippen LogP contribution in [0.5, 0.6) is 11.5 Å². The number of phenolic OH excluding ortho intramolecular Hbond substituents is 2. The maximum Gasteiger partial charge on any atom is 0.124 e. The molecule has 0 aliphatic rings. The molecule has 1 atom stereocenters. The van der Waals surface area contributed by atoms with Crippen LogP contribution in [0, 0.1) is 0 Å². The first-order valence-corrected chi connectivity index (χ1v) is 7.34. The van der Waals surface area contributed by atoms with E-state index in [4.69, 9.17) is 0 Å². The van der Waals surface area contributed by atoms with E-state index in [1.54, 1.807) is 12.1 Å². The van der Waals surface area contributed by atoms with Gasteiger partial charge >= 0.3 is 0 Å². The number of aromatic hydroxyl groups is 2. The quantitative estimate of drug-likeness (QED) is 0.719. The lowest BCUT2D eigenvalue weighted by Crippen LogP contribution is -2.41. The van der Waals surface area contributed by atoms with E-state index in [1.165, 1.54) is 6.07 Å². The molecule has 0 radical (unpaired) electrons. The highest BCUT2D eigenvalue weighted by atomic mass is 16.3. The summed E-state index contributed by atoms with van der Waals surface area (Å²) >= 11 is 0. The number of phenols is 2. The zero-order chi connectivity index (χ0) is 15.3. The van der Waals surface area contributed by atoms with Gasteiger partial charge in [0.05, 0.1) is 0 Å². The lowest BCUT2D eigenvalue weighted by Gasteiger charge is -2.31. The van der Waals surface area contributed by atoms with Crippen molar-refractivity contribution in [1.29, 1.82) is 0 Å². The number of rotatable bonds is 7. The van der Waals surface area contributed by atoms with E-state index >= 15 is 0 Å². The minimum Gasteiger partial charge on any atom is -0.508 e. The highest BCUT2D eigenvalue weighted by Gasteiger charge is 2.14. The molecule has 0 bridgehead atoms. The van der Waals surface area contributed by atoms with Crippen LogP contribution in [0.2, 0.25) is 0 Å². The second-order valence-corrected chi connectivity index (χ2v) is 5.84. The van der Waals surface area contributed by atoms with Crippen molar-refractivity contribution in [3.05, 3.63) is 23.8 Å². The van der Waals surface area contributed by atoms with Crippen LogP contribution >= 0.6 is 0 Å². The van der Waals surface area contributed by atoms with Gasteiger partial charge < -0.3 is 15.5 Å². The maximum absolute atomic E-state index is 9.84. The monoisotopic (exact) mass is 280 g/mol. The van der Waals surface area contributed by atoms with E-state index < -0.39 is 0 Å². The van der Waals surface area contributed by atoms with Gasteiger partial charge in [0.1, 0.15) is 11.5 Å². The average Bonchev–Trinajstić information content (AvgIpc) is 2.33. The summed E-state index contributed by atoms with van der Waals surface area (Å²) in [7, 11) is 0. The summed E-state index contributed by atoms with van der Waals surface area (Å²) in [4.78, 5) is 2.43. The normalized spacial score (nSPS) is 13.4. The van der Waals surface area contributed by atoms with E-state index in [2.05, 4.69) is 37.9 Å². The Morgan fingerprint density at radius 3 is 2.15 bits per heavy atom. The Bertz CT molecular complexity index is 411. The molecule has 4 heteroatoms. The topological polar surface area (TPSA) is 55.7 Å². The average molecular weight is 280 g/mol. The molecule has 0 aliphatic carbocycles.